The van der Waals surface area contributed by atoms with E-state index in [2.05, 4.69) is 19.1 Å². The van der Waals surface area contributed by atoms with Crippen LogP contribution in [0.2, 0.25) is 0 Å². The maximum atomic E-state index is 9.16. The highest BCUT2D eigenvalue weighted by Crippen LogP contribution is 2.07. The van der Waals surface area contributed by atoms with Crippen molar-refractivity contribution >= 4 is 0 Å². The van der Waals surface area contributed by atoms with Gasteiger partial charge in [0.25, 0.3) is 0 Å². The van der Waals surface area contributed by atoms with Gasteiger partial charge in [0.2, 0.25) is 0 Å². The molecule has 1 rings (SSSR count). The molecule has 0 aliphatic heterocycles. The Bertz CT molecular complexity index is 348. The number of benzene rings is 1. The molecule has 1 unspecified atom stereocenters. The summed E-state index contributed by atoms with van der Waals surface area (Å²) in [5, 5.41) is 17.8. The lowest BCUT2D eigenvalue weighted by molar-refractivity contribution is 0.0923. The third-order valence-corrected chi connectivity index (χ3v) is 2.84. The van der Waals surface area contributed by atoms with Gasteiger partial charge >= 0.3 is 0 Å². The topological polar surface area (TPSA) is 49.7 Å². The molecule has 2 atom stereocenters. The number of aliphatic hydroxyl groups is 2. The van der Waals surface area contributed by atoms with Gasteiger partial charge in [-0.25, -0.2) is 0 Å². The molecule has 0 saturated carbocycles. The second-order valence-electron chi connectivity index (χ2n) is 4.89. The highest BCUT2D eigenvalue weighted by molar-refractivity contribution is 5.13. The number of hydrogen-bond donors (Lipinski definition) is 2. The molecule has 0 aliphatic carbocycles. The maximum absolute atomic E-state index is 9.16. The van der Waals surface area contributed by atoms with E-state index < -0.39 is 6.10 Å². The van der Waals surface area contributed by atoms with Crippen LogP contribution in [0, 0.1) is 5.92 Å². The van der Waals surface area contributed by atoms with E-state index >= 15 is 0 Å². The normalized spacial score (nSPS) is 14.7. The van der Waals surface area contributed by atoms with Gasteiger partial charge in [0.15, 0.2) is 0 Å². The quantitative estimate of drug-likeness (QED) is 0.674. The van der Waals surface area contributed by atoms with Crippen molar-refractivity contribution in [1.82, 2.24) is 0 Å². The summed E-state index contributed by atoms with van der Waals surface area (Å²) < 4.78 is 5.66. The summed E-state index contributed by atoms with van der Waals surface area (Å²) in [6, 6.07) is 10.1. The first kappa shape index (κ1) is 15.9. The molecule has 0 saturated heterocycles. The predicted octanol–water partition coefficient (Wildman–Crippen LogP) is 2.53. The van der Waals surface area contributed by atoms with Gasteiger partial charge < -0.3 is 14.9 Å². The number of ether oxygens (including phenoxy) is 1. The second kappa shape index (κ2) is 9.73. The molecular weight excluding hydrogens is 240 g/mol. The SMILES string of the molecule is C[C@H](C/C=C/CC(O)CO)COCc1ccccc1. The van der Waals surface area contributed by atoms with Crippen LogP contribution in [0.3, 0.4) is 0 Å². The molecule has 0 bridgehead atoms. The van der Waals surface area contributed by atoms with Crippen molar-refractivity contribution in [1.29, 1.82) is 0 Å². The highest BCUT2D eigenvalue weighted by atomic mass is 16.5. The second-order valence-corrected chi connectivity index (χ2v) is 4.89. The van der Waals surface area contributed by atoms with Gasteiger partial charge in [0.1, 0.15) is 0 Å². The van der Waals surface area contributed by atoms with Gasteiger partial charge in [-0.05, 0) is 24.3 Å². The summed E-state index contributed by atoms with van der Waals surface area (Å²) in [6.45, 7) is 3.33. The van der Waals surface area contributed by atoms with Crippen molar-refractivity contribution in [2.24, 2.45) is 5.92 Å². The Hall–Kier alpha value is -1.16. The van der Waals surface area contributed by atoms with Crippen LogP contribution in [-0.2, 0) is 11.3 Å². The summed E-state index contributed by atoms with van der Waals surface area (Å²) in [5.41, 5.74) is 1.19. The molecule has 106 valence electrons. The Labute approximate surface area is 115 Å². The van der Waals surface area contributed by atoms with Crippen LogP contribution in [-0.4, -0.2) is 29.5 Å². The lowest BCUT2D eigenvalue weighted by atomic mass is 10.1. The Morgan fingerprint density at radius 2 is 1.84 bits per heavy atom. The van der Waals surface area contributed by atoms with E-state index in [1.54, 1.807) is 0 Å². The van der Waals surface area contributed by atoms with Crippen LogP contribution in [0.15, 0.2) is 42.5 Å². The lowest BCUT2D eigenvalue weighted by Gasteiger charge is -2.10. The van der Waals surface area contributed by atoms with Crippen molar-refractivity contribution in [3.8, 4) is 0 Å². The molecule has 1 aromatic rings. The Morgan fingerprint density at radius 3 is 2.53 bits per heavy atom. The third kappa shape index (κ3) is 7.78. The molecule has 0 radical (unpaired) electrons. The predicted molar refractivity (Wildman–Crippen MR) is 76.7 cm³/mol. The van der Waals surface area contributed by atoms with E-state index in [4.69, 9.17) is 14.9 Å². The van der Waals surface area contributed by atoms with Gasteiger partial charge in [-0.3, -0.25) is 0 Å². The Kier molecular flexibility index (Phi) is 8.14. The first-order chi connectivity index (χ1) is 9.22. The summed E-state index contributed by atoms with van der Waals surface area (Å²) in [5.74, 6) is 0.450. The minimum Gasteiger partial charge on any atom is -0.394 e. The molecule has 3 heteroatoms. The van der Waals surface area contributed by atoms with E-state index in [-0.39, 0.29) is 6.61 Å². The van der Waals surface area contributed by atoms with E-state index in [0.29, 0.717) is 18.9 Å². The fraction of sp³-hybridized carbons (Fsp3) is 0.500. The molecule has 2 N–H and O–H groups in total. The van der Waals surface area contributed by atoms with Crippen molar-refractivity contribution < 1.29 is 14.9 Å². The summed E-state index contributed by atoms with van der Waals surface area (Å²) in [7, 11) is 0. The summed E-state index contributed by atoms with van der Waals surface area (Å²) in [6.07, 6.45) is 4.74. The van der Waals surface area contributed by atoms with Crippen LogP contribution in [0.1, 0.15) is 25.3 Å². The molecule has 1 aromatic carbocycles. The van der Waals surface area contributed by atoms with Gasteiger partial charge in [0.05, 0.1) is 19.3 Å². The van der Waals surface area contributed by atoms with E-state index in [1.807, 2.05) is 30.4 Å². The molecule has 0 fully saturated rings. The van der Waals surface area contributed by atoms with Crippen molar-refractivity contribution in [3.63, 3.8) is 0 Å². The molecule has 0 spiro atoms. The lowest BCUT2D eigenvalue weighted by Crippen LogP contribution is -2.10. The zero-order valence-electron chi connectivity index (χ0n) is 11.5. The molecular formula is C16H24O3. The van der Waals surface area contributed by atoms with E-state index in [0.717, 1.165) is 13.0 Å². The maximum Gasteiger partial charge on any atom is 0.0805 e. The number of hydrogen-bond acceptors (Lipinski definition) is 3. The Morgan fingerprint density at radius 1 is 1.16 bits per heavy atom. The van der Waals surface area contributed by atoms with Crippen LogP contribution < -0.4 is 0 Å². The minimum atomic E-state index is -0.638. The van der Waals surface area contributed by atoms with Gasteiger partial charge in [-0.15, -0.1) is 0 Å². The number of aliphatic hydroxyl groups excluding tert-OH is 2. The van der Waals surface area contributed by atoms with Crippen LogP contribution in [0.5, 0.6) is 0 Å². The minimum absolute atomic E-state index is 0.180. The number of rotatable bonds is 9. The van der Waals surface area contributed by atoms with Gasteiger partial charge in [0, 0.05) is 6.61 Å². The highest BCUT2D eigenvalue weighted by Gasteiger charge is 2.01. The molecule has 0 aliphatic rings. The van der Waals surface area contributed by atoms with Crippen molar-refractivity contribution in [2.75, 3.05) is 13.2 Å². The third-order valence-electron chi connectivity index (χ3n) is 2.84. The molecule has 0 heterocycles. The average molecular weight is 264 g/mol. The zero-order valence-corrected chi connectivity index (χ0v) is 11.5. The molecule has 19 heavy (non-hydrogen) atoms. The van der Waals surface area contributed by atoms with Crippen molar-refractivity contribution in [2.45, 2.75) is 32.5 Å². The average Bonchev–Trinajstić information content (AvgIpc) is 2.44. The standard InChI is InChI=1S/C16H24O3/c1-14(7-5-6-10-16(18)11-17)12-19-13-15-8-3-2-4-9-15/h2-6,8-9,14,16-18H,7,10-13H2,1H3/b6-5+/t14-,16?/m1/s1. The fourth-order valence-corrected chi connectivity index (χ4v) is 1.68. The van der Waals surface area contributed by atoms with Crippen LogP contribution in [0.4, 0.5) is 0 Å². The van der Waals surface area contributed by atoms with Gasteiger partial charge in [-0.1, -0.05) is 49.4 Å². The molecule has 0 aromatic heterocycles. The molecule has 0 amide bonds. The van der Waals surface area contributed by atoms with E-state index in [1.165, 1.54) is 5.56 Å². The summed E-state index contributed by atoms with van der Waals surface area (Å²) in [4.78, 5) is 0. The summed E-state index contributed by atoms with van der Waals surface area (Å²) >= 11 is 0. The first-order valence-corrected chi connectivity index (χ1v) is 6.78. The number of allylic oxidation sites excluding steroid dienone is 1. The first-order valence-electron chi connectivity index (χ1n) is 6.78. The fourth-order valence-electron chi connectivity index (χ4n) is 1.68. The van der Waals surface area contributed by atoms with Gasteiger partial charge in [-0.2, -0.15) is 0 Å². The van der Waals surface area contributed by atoms with Crippen molar-refractivity contribution in [3.05, 3.63) is 48.0 Å². The monoisotopic (exact) mass is 264 g/mol. The Balaban J connectivity index is 2.09. The largest absolute Gasteiger partial charge is 0.394 e. The molecule has 3 nitrogen and oxygen atoms in total. The van der Waals surface area contributed by atoms with E-state index in [9.17, 15) is 0 Å². The van der Waals surface area contributed by atoms with Crippen LogP contribution >= 0.6 is 0 Å². The van der Waals surface area contributed by atoms with Crippen LogP contribution in [0.25, 0.3) is 0 Å². The zero-order chi connectivity index (χ0) is 13.9. The smallest absolute Gasteiger partial charge is 0.0805 e.